The number of aromatic hydroxyl groups is 1. The summed E-state index contributed by atoms with van der Waals surface area (Å²) in [6, 6.07) is 3.08. The molecule has 0 radical (unpaired) electrons. The Bertz CT molecular complexity index is 449. The van der Waals surface area contributed by atoms with E-state index in [1.54, 1.807) is 12.1 Å². The van der Waals surface area contributed by atoms with E-state index < -0.39 is 6.09 Å². The van der Waals surface area contributed by atoms with E-state index in [-0.39, 0.29) is 22.6 Å². The number of halogens is 1. The molecule has 1 aromatic carbocycles. The molecule has 17 heavy (non-hydrogen) atoms. The van der Waals surface area contributed by atoms with Gasteiger partial charge in [0.2, 0.25) is 0 Å². The molecule has 0 aliphatic carbocycles. The molecule has 0 saturated carbocycles. The molecule has 1 amide bonds. The molecule has 1 aromatic rings. The normalized spacial score (nSPS) is 19.4. The van der Waals surface area contributed by atoms with Gasteiger partial charge in [-0.25, -0.2) is 4.79 Å². The average molecular weight is 258 g/mol. The summed E-state index contributed by atoms with van der Waals surface area (Å²) in [6.07, 6.45) is 0.195. The van der Waals surface area contributed by atoms with E-state index in [4.69, 9.17) is 21.1 Å². The van der Waals surface area contributed by atoms with Crippen LogP contribution in [0, 0.1) is 0 Å². The van der Waals surface area contributed by atoms with Crippen molar-refractivity contribution in [3.8, 4) is 11.5 Å². The lowest BCUT2D eigenvalue weighted by molar-refractivity contribution is 0.115. The first-order valence-electron chi connectivity index (χ1n) is 5.11. The number of amides is 1. The van der Waals surface area contributed by atoms with Crippen molar-refractivity contribution in [1.29, 1.82) is 0 Å². The molecule has 0 unspecified atom stereocenters. The Morgan fingerprint density at radius 2 is 2.35 bits per heavy atom. The Balaban J connectivity index is 2.32. The Hall–Kier alpha value is -1.62. The highest BCUT2D eigenvalue weighted by Crippen LogP contribution is 2.37. The molecule has 0 aromatic heterocycles. The maximum absolute atomic E-state index is 11.1. The number of alkyl carbamates (subject to hydrolysis) is 1. The molecule has 1 aliphatic rings. The first kappa shape index (κ1) is 11.9. The lowest BCUT2D eigenvalue weighted by atomic mass is 10.0. The highest BCUT2D eigenvalue weighted by molar-refractivity contribution is 6.32. The summed E-state index contributed by atoms with van der Waals surface area (Å²) in [5.74, 6) is 0.185. The van der Waals surface area contributed by atoms with Crippen LogP contribution in [0.2, 0.25) is 5.02 Å². The molecule has 0 spiro atoms. The third kappa shape index (κ3) is 2.39. The lowest BCUT2D eigenvalue weighted by Gasteiger charge is -2.24. The van der Waals surface area contributed by atoms with E-state index in [1.807, 2.05) is 0 Å². The van der Waals surface area contributed by atoms with Gasteiger partial charge in [-0.15, -0.1) is 0 Å². The number of methoxy groups -OCH3 is 1. The smallest absolute Gasteiger partial charge is 0.407 e. The van der Waals surface area contributed by atoms with Gasteiger partial charge in [-0.1, -0.05) is 11.6 Å². The number of ether oxygens (including phenoxy) is 2. The quantitative estimate of drug-likeness (QED) is 0.853. The van der Waals surface area contributed by atoms with Crippen molar-refractivity contribution in [3.63, 3.8) is 0 Å². The first-order chi connectivity index (χ1) is 8.11. The molecule has 5 nitrogen and oxygen atoms in total. The molecule has 6 heteroatoms. The Kier molecular flexibility index (Phi) is 3.28. The molecule has 1 heterocycles. The SMILES string of the molecule is COc1cc([C@@H]2CCOC(=O)N2)cc(Cl)c1O. The molecule has 2 N–H and O–H groups in total. The molecule has 1 saturated heterocycles. The Morgan fingerprint density at radius 1 is 1.59 bits per heavy atom. The Morgan fingerprint density at radius 3 is 3.00 bits per heavy atom. The fraction of sp³-hybridized carbons (Fsp3) is 0.364. The monoisotopic (exact) mass is 257 g/mol. The van der Waals surface area contributed by atoms with Crippen molar-refractivity contribution in [2.24, 2.45) is 0 Å². The number of phenolic OH excluding ortho intramolecular Hbond substituents is 1. The number of rotatable bonds is 2. The third-order valence-corrected chi connectivity index (χ3v) is 2.89. The number of carbonyl (C=O) groups excluding carboxylic acids is 1. The minimum atomic E-state index is -0.454. The summed E-state index contributed by atoms with van der Waals surface area (Å²) in [7, 11) is 1.44. The summed E-state index contributed by atoms with van der Waals surface area (Å²) in [6.45, 7) is 0.358. The Labute approximate surface area is 103 Å². The summed E-state index contributed by atoms with van der Waals surface area (Å²) in [5.41, 5.74) is 0.779. The van der Waals surface area contributed by atoms with Crippen LogP contribution in [0.5, 0.6) is 11.5 Å². The van der Waals surface area contributed by atoms with E-state index in [0.29, 0.717) is 13.0 Å². The van der Waals surface area contributed by atoms with Crippen molar-refractivity contribution >= 4 is 17.7 Å². The predicted octanol–water partition coefficient (Wildman–Crippen LogP) is 2.23. The van der Waals surface area contributed by atoms with E-state index in [0.717, 1.165) is 5.56 Å². The van der Waals surface area contributed by atoms with Gasteiger partial charge in [-0.2, -0.15) is 0 Å². The van der Waals surface area contributed by atoms with E-state index in [2.05, 4.69) is 5.32 Å². The molecular formula is C11H12ClNO4. The second kappa shape index (κ2) is 4.71. The van der Waals surface area contributed by atoms with Crippen LogP contribution in [0.15, 0.2) is 12.1 Å². The fourth-order valence-electron chi connectivity index (χ4n) is 1.73. The van der Waals surface area contributed by atoms with E-state index >= 15 is 0 Å². The lowest BCUT2D eigenvalue weighted by Crippen LogP contribution is -2.35. The van der Waals surface area contributed by atoms with Gasteiger partial charge >= 0.3 is 6.09 Å². The van der Waals surface area contributed by atoms with Crippen molar-refractivity contribution in [3.05, 3.63) is 22.7 Å². The zero-order valence-corrected chi connectivity index (χ0v) is 9.95. The van der Waals surface area contributed by atoms with Gasteiger partial charge in [0, 0.05) is 6.42 Å². The third-order valence-electron chi connectivity index (χ3n) is 2.60. The number of hydrogen-bond donors (Lipinski definition) is 2. The number of hydrogen-bond acceptors (Lipinski definition) is 4. The zero-order chi connectivity index (χ0) is 12.4. The highest BCUT2D eigenvalue weighted by Gasteiger charge is 2.22. The van der Waals surface area contributed by atoms with Gasteiger partial charge in [-0.3, -0.25) is 0 Å². The summed E-state index contributed by atoms with van der Waals surface area (Å²) >= 11 is 5.88. The molecule has 1 atom stereocenters. The summed E-state index contributed by atoms with van der Waals surface area (Å²) in [4.78, 5) is 11.1. The van der Waals surface area contributed by atoms with Crippen LogP contribution >= 0.6 is 11.6 Å². The molecule has 1 fully saturated rings. The predicted molar refractivity (Wildman–Crippen MR) is 61.5 cm³/mol. The average Bonchev–Trinajstić information content (AvgIpc) is 2.32. The molecule has 0 bridgehead atoms. The van der Waals surface area contributed by atoms with Crippen LogP contribution in [0.1, 0.15) is 18.0 Å². The second-order valence-electron chi connectivity index (χ2n) is 3.68. The van der Waals surface area contributed by atoms with Crippen molar-refractivity contribution in [1.82, 2.24) is 5.32 Å². The molecule has 2 rings (SSSR count). The van der Waals surface area contributed by atoms with Crippen molar-refractivity contribution in [2.45, 2.75) is 12.5 Å². The minimum Gasteiger partial charge on any atom is -0.503 e. The van der Waals surface area contributed by atoms with Crippen LogP contribution in [0.25, 0.3) is 0 Å². The molecule has 92 valence electrons. The number of cyclic esters (lactones) is 1. The van der Waals surface area contributed by atoms with Crippen molar-refractivity contribution in [2.75, 3.05) is 13.7 Å². The minimum absolute atomic E-state index is 0.101. The van der Waals surface area contributed by atoms with Gasteiger partial charge in [0.25, 0.3) is 0 Å². The topological polar surface area (TPSA) is 67.8 Å². The molecule has 1 aliphatic heterocycles. The number of phenols is 1. The van der Waals surface area contributed by atoms with E-state index in [9.17, 15) is 9.90 Å². The largest absolute Gasteiger partial charge is 0.503 e. The van der Waals surface area contributed by atoms with Crippen LogP contribution in [-0.4, -0.2) is 24.9 Å². The zero-order valence-electron chi connectivity index (χ0n) is 9.20. The van der Waals surface area contributed by atoms with Crippen LogP contribution < -0.4 is 10.1 Å². The van der Waals surface area contributed by atoms with Gasteiger partial charge in [0.15, 0.2) is 11.5 Å². The van der Waals surface area contributed by atoms with Gasteiger partial charge in [0.05, 0.1) is 24.8 Å². The number of nitrogens with one attached hydrogen (secondary N) is 1. The molecular weight excluding hydrogens is 246 g/mol. The van der Waals surface area contributed by atoms with Gasteiger partial charge in [0.1, 0.15) is 0 Å². The summed E-state index contributed by atoms with van der Waals surface area (Å²) in [5, 5.41) is 12.5. The summed E-state index contributed by atoms with van der Waals surface area (Å²) < 4.78 is 9.78. The van der Waals surface area contributed by atoms with Gasteiger partial charge in [-0.05, 0) is 17.7 Å². The maximum atomic E-state index is 11.1. The first-order valence-corrected chi connectivity index (χ1v) is 5.49. The second-order valence-corrected chi connectivity index (χ2v) is 4.08. The number of benzene rings is 1. The van der Waals surface area contributed by atoms with Crippen LogP contribution in [0.4, 0.5) is 4.79 Å². The standard InChI is InChI=1S/C11H12ClNO4/c1-16-9-5-6(4-7(12)10(9)14)8-2-3-17-11(15)13-8/h4-5,8,14H,2-3H2,1H3,(H,13,15)/t8-/m0/s1. The van der Waals surface area contributed by atoms with Gasteiger partial charge < -0.3 is 19.9 Å². The maximum Gasteiger partial charge on any atom is 0.407 e. The van der Waals surface area contributed by atoms with Crippen LogP contribution in [0.3, 0.4) is 0 Å². The van der Waals surface area contributed by atoms with E-state index in [1.165, 1.54) is 7.11 Å². The van der Waals surface area contributed by atoms with Crippen molar-refractivity contribution < 1.29 is 19.4 Å². The highest BCUT2D eigenvalue weighted by atomic mass is 35.5. The fourth-order valence-corrected chi connectivity index (χ4v) is 1.95. The van der Waals surface area contributed by atoms with Crippen LogP contribution in [-0.2, 0) is 4.74 Å². The number of carbonyl (C=O) groups is 1.